The first kappa shape index (κ1) is 14.8. The summed E-state index contributed by atoms with van der Waals surface area (Å²) in [7, 11) is 0. The second-order valence-electron chi connectivity index (χ2n) is 6.38. The van der Waals surface area contributed by atoms with Gasteiger partial charge in [0, 0.05) is 17.5 Å². The minimum absolute atomic E-state index is 0.295. The molecule has 1 aromatic carbocycles. The number of halogens is 1. The van der Waals surface area contributed by atoms with Crippen LogP contribution < -0.4 is 11.1 Å². The molecule has 22 heavy (non-hydrogen) atoms. The Morgan fingerprint density at radius 1 is 1.23 bits per heavy atom. The molecule has 0 radical (unpaired) electrons. The molecule has 0 saturated heterocycles. The fourth-order valence-electron chi connectivity index (χ4n) is 3.90. The minimum atomic E-state index is -0.769. The van der Waals surface area contributed by atoms with Crippen LogP contribution in [-0.2, 0) is 4.74 Å². The van der Waals surface area contributed by atoms with Crippen LogP contribution in [0.1, 0.15) is 48.9 Å². The zero-order chi connectivity index (χ0) is 15.8. The van der Waals surface area contributed by atoms with Crippen molar-refractivity contribution in [2.75, 3.05) is 0 Å². The molecule has 2 fully saturated rings. The zero-order valence-electron chi connectivity index (χ0n) is 12.2. The highest BCUT2D eigenvalue weighted by molar-refractivity contribution is 5.94. The number of ether oxygens (including phenoxy) is 1. The van der Waals surface area contributed by atoms with E-state index in [1.165, 1.54) is 18.2 Å². The topological polar surface area (TPSA) is 81.4 Å². The Balaban J connectivity index is 1.75. The van der Waals surface area contributed by atoms with Gasteiger partial charge < -0.3 is 15.8 Å². The van der Waals surface area contributed by atoms with Crippen molar-refractivity contribution < 1.29 is 18.7 Å². The molecule has 0 aromatic heterocycles. The predicted molar refractivity (Wildman–Crippen MR) is 77.7 cm³/mol. The maximum absolute atomic E-state index is 13.2. The Hall–Kier alpha value is -2.11. The number of nitrogens with two attached hydrogens (primary N) is 1. The van der Waals surface area contributed by atoms with Crippen LogP contribution in [0.4, 0.5) is 9.18 Å². The molecule has 0 heterocycles. The van der Waals surface area contributed by atoms with Gasteiger partial charge in [0.2, 0.25) is 0 Å². The number of rotatable bonds is 3. The SMILES string of the molecule is NC(=O)OC12CCCC(NC(=O)c3cccc(F)c3)(CC1)C2. The summed E-state index contributed by atoms with van der Waals surface area (Å²) in [5.74, 6) is -0.733. The number of hydrogen-bond donors (Lipinski definition) is 2. The molecule has 2 aliphatic rings. The normalized spacial score (nSPS) is 29.9. The molecule has 1 aromatic rings. The number of benzene rings is 1. The summed E-state index contributed by atoms with van der Waals surface area (Å²) in [5, 5.41) is 3.03. The van der Waals surface area contributed by atoms with E-state index in [1.54, 1.807) is 6.07 Å². The van der Waals surface area contributed by atoms with Gasteiger partial charge in [-0.1, -0.05) is 6.07 Å². The molecule has 6 heteroatoms. The van der Waals surface area contributed by atoms with Gasteiger partial charge in [-0.2, -0.15) is 0 Å². The molecular weight excluding hydrogens is 287 g/mol. The van der Waals surface area contributed by atoms with Crippen LogP contribution in [0.5, 0.6) is 0 Å². The highest BCUT2D eigenvalue weighted by Gasteiger charge is 2.53. The van der Waals surface area contributed by atoms with Gasteiger partial charge in [-0.3, -0.25) is 4.79 Å². The average molecular weight is 306 g/mol. The van der Waals surface area contributed by atoms with Crippen molar-refractivity contribution in [2.24, 2.45) is 5.73 Å². The zero-order valence-corrected chi connectivity index (χ0v) is 12.2. The second kappa shape index (κ2) is 5.26. The van der Waals surface area contributed by atoms with Gasteiger partial charge in [0.25, 0.3) is 5.91 Å². The molecule has 2 aliphatic carbocycles. The Kier molecular flexibility index (Phi) is 3.54. The molecule has 5 nitrogen and oxygen atoms in total. The van der Waals surface area contributed by atoms with Gasteiger partial charge in [0.15, 0.2) is 0 Å². The molecule has 2 bridgehead atoms. The fraction of sp³-hybridized carbons (Fsp3) is 0.500. The number of hydrogen-bond acceptors (Lipinski definition) is 3. The molecule has 2 amide bonds. The van der Waals surface area contributed by atoms with Crippen molar-refractivity contribution in [2.45, 2.75) is 49.7 Å². The quantitative estimate of drug-likeness (QED) is 0.900. The minimum Gasteiger partial charge on any atom is -0.443 e. The molecule has 2 saturated carbocycles. The first-order valence-electron chi connectivity index (χ1n) is 7.49. The second-order valence-corrected chi connectivity index (χ2v) is 6.38. The van der Waals surface area contributed by atoms with Crippen molar-refractivity contribution in [1.29, 1.82) is 0 Å². The average Bonchev–Trinajstić information content (AvgIpc) is 2.68. The van der Waals surface area contributed by atoms with Crippen LogP contribution in [0.2, 0.25) is 0 Å². The number of nitrogens with one attached hydrogen (secondary N) is 1. The van der Waals surface area contributed by atoms with Crippen LogP contribution in [-0.4, -0.2) is 23.1 Å². The maximum Gasteiger partial charge on any atom is 0.405 e. The third-order valence-electron chi connectivity index (χ3n) is 4.79. The number of fused-ring (bicyclic) bond motifs is 2. The summed E-state index contributed by atoms with van der Waals surface area (Å²) in [5.41, 5.74) is 4.52. The van der Waals surface area contributed by atoms with E-state index in [4.69, 9.17) is 10.5 Å². The van der Waals surface area contributed by atoms with Crippen molar-refractivity contribution >= 4 is 12.0 Å². The third kappa shape index (κ3) is 2.77. The van der Waals surface area contributed by atoms with Crippen LogP contribution in [0, 0.1) is 5.82 Å². The summed E-state index contributed by atoms with van der Waals surface area (Å²) in [6, 6.07) is 5.62. The van der Waals surface area contributed by atoms with E-state index in [-0.39, 0.29) is 5.91 Å². The van der Waals surface area contributed by atoms with Gasteiger partial charge in [0.05, 0.1) is 0 Å². The number of carbonyl (C=O) groups is 2. The molecule has 0 spiro atoms. The van der Waals surface area contributed by atoms with Crippen LogP contribution >= 0.6 is 0 Å². The molecule has 0 aliphatic heterocycles. The van der Waals surface area contributed by atoms with Crippen molar-refractivity contribution in [1.82, 2.24) is 5.32 Å². The molecule has 118 valence electrons. The lowest BCUT2D eigenvalue weighted by Crippen LogP contribution is -2.51. The Labute approximate surface area is 128 Å². The van der Waals surface area contributed by atoms with Crippen LogP contribution in [0.3, 0.4) is 0 Å². The summed E-state index contributed by atoms with van der Waals surface area (Å²) in [4.78, 5) is 23.5. The summed E-state index contributed by atoms with van der Waals surface area (Å²) >= 11 is 0. The third-order valence-corrected chi connectivity index (χ3v) is 4.79. The summed E-state index contributed by atoms with van der Waals surface area (Å²) in [6.07, 6.45) is 3.70. The molecule has 3 N–H and O–H groups in total. The van der Waals surface area contributed by atoms with E-state index < -0.39 is 23.1 Å². The monoisotopic (exact) mass is 306 g/mol. The van der Waals surface area contributed by atoms with E-state index in [0.717, 1.165) is 25.7 Å². The lowest BCUT2D eigenvalue weighted by molar-refractivity contribution is -0.00579. The van der Waals surface area contributed by atoms with Gasteiger partial charge >= 0.3 is 6.09 Å². The Morgan fingerprint density at radius 3 is 2.77 bits per heavy atom. The van der Waals surface area contributed by atoms with Gasteiger partial charge in [0.1, 0.15) is 11.4 Å². The van der Waals surface area contributed by atoms with E-state index in [0.29, 0.717) is 18.4 Å². The number of amides is 2. The number of carbonyl (C=O) groups excluding carboxylic acids is 2. The highest BCUT2D eigenvalue weighted by Crippen LogP contribution is 2.50. The summed E-state index contributed by atoms with van der Waals surface area (Å²) < 4.78 is 18.6. The smallest absolute Gasteiger partial charge is 0.405 e. The number of primary amides is 1. The Morgan fingerprint density at radius 2 is 2.05 bits per heavy atom. The van der Waals surface area contributed by atoms with E-state index >= 15 is 0 Å². The standard InChI is InChI=1S/C16H19FN2O3/c17-12-4-1-3-11(9-12)13(20)19-15-5-2-6-16(10-15,8-7-15)22-14(18)21/h1,3-4,9H,2,5-8,10H2,(H2,18,21)(H,19,20). The van der Waals surface area contributed by atoms with Gasteiger partial charge in [-0.25, -0.2) is 9.18 Å². The first-order chi connectivity index (χ1) is 10.4. The van der Waals surface area contributed by atoms with E-state index in [2.05, 4.69) is 5.32 Å². The predicted octanol–water partition coefficient (Wildman–Crippen LogP) is 2.50. The molecular formula is C16H19FN2O3. The van der Waals surface area contributed by atoms with Gasteiger partial charge in [-0.15, -0.1) is 0 Å². The van der Waals surface area contributed by atoms with Crippen molar-refractivity contribution in [3.63, 3.8) is 0 Å². The lowest BCUT2D eigenvalue weighted by atomic mass is 9.80. The van der Waals surface area contributed by atoms with E-state index in [1.807, 2.05) is 0 Å². The molecule has 2 unspecified atom stereocenters. The van der Waals surface area contributed by atoms with E-state index in [9.17, 15) is 14.0 Å². The molecule has 2 atom stereocenters. The lowest BCUT2D eigenvalue weighted by Gasteiger charge is -2.39. The van der Waals surface area contributed by atoms with Crippen molar-refractivity contribution in [3.05, 3.63) is 35.6 Å². The van der Waals surface area contributed by atoms with Crippen LogP contribution in [0.15, 0.2) is 24.3 Å². The largest absolute Gasteiger partial charge is 0.443 e. The van der Waals surface area contributed by atoms with Crippen LogP contribution in [0.25, 0.3) is 0 Å². The Bertz CT molecular complexity index is 621. The van der Waals surface area contributed by atoms with Crippen molar-refractivity contribution in [3.8, 4) is 0 Å². The highest BCUT2D eigenvalue weighted by atomic mass is 19.1. The fourth-order valence-corrected chi connectivity index (χ4v) is 3.90. The maximum atomic E-state index is 13.2. The first-order valence-corrected chi connectivity index (χ1v) is 7.49. The molecule has 3 rings (SSSR count). The van der Waals surface area contributed by atoms with Gasteiger partial charge in [-0.05, 0) is 50.3 Å². The summed E-state index contributed by atoms with van der Waals surface area (Å²) in [6.45, 7) is 0.